The molecule has 2 heterocycles. The molecule has 0 spiro atoms. The van der Waals surface area contributed by atoms with Crippen LogP contribution in [0.1, 0.15) is 5.69 Å². The van der Waals surface area contributed by atoms with Crippen LogP contribution in [0.5, 0.6) is 0 Å². The zero-order valence-electron chi connectivity index (χ0n) is 10.3. The SMILES string of the molecule is Cc1cc(Nc2cc(Cl)ncn2)c2ccccc2n1. The molecule has 0 amide bonds. The summed E-state index contributed by atoms with van der Waals surface area (Å²) in [5, 5.41) is 4.71. The molecule has 0 saturated heterocycles. The fourth-order valence-electron chi connectivity index (χ4n) is 1.95. The lowest BCUT2D eigenvalue weighted by Gasteiger charge is -2.09. The van der Waals surface area contributed by atoms with Crippen LogP contribution in [0.15, 0.2) is 42.7 Å². The summed E-state index contributed by atoms with van der Waals surface area (Å²) < 4.78 is 0. The van der Waals surface area contributed by atoms with Gasteiger partial charge in [0.1, 0.15) is 17.3 Å². The van der Waals surface area contributed by atoms with Gasteiger partial charge in [0.25, 0.3) is 0 Å². The highest BCUT2D eigenvalue weighted by Crippen LogP contribution is 2.25. The van der Waals surface area contributed by atoms with Crippen molar-refractivity contribution in [1.29, 1.82) is 0 Å². The first kappa shape index (κ1) is 11.9. The number of anilines is 2. The minimum Gasteiger partial charge on any atom is -0.339 e. The van der Waals surface area contributed by atoms with Gasteiger partial charge in [0.2, 0.25) is 0 Å². The van der Waals surface area contributed by atoms with Crippen molar-refractivity contribution in [1.82, 2.24) is 15.0 Å². The average molecular weight is 271 g/mol. The van der Waals surface area contributed by atoms with Crippen molar-refractivity contribution in [2.45, 2.75) is 6.92 Å². The molecule has 1 N–H and O–H groups in total. The van der Waals surface area contributed by atoms with Crippen LogP contribution in [0, 0.1) is 6.92 Å². The lowest BCUT2D eigenvalue weighted by molar-refractivity contribution is 1.17. The highest BCUT2D eigenvalue weighted by Gasteiger charge is 2.05. The molecule has 0 aliphatic rings. The number of rotatable bonds is 2. The van der Waals surface area contributed by atoms with Crippen molar-refractivity contribution in [3.05, 3.63) is 53.6 Å². The fourth-order valence-corrected chi connectivity index (χ4v) is 2.10. The quantitative estimate of drug-likeness (QED) is 0.721. The molecule has 5 heteroatoms. The summed E-state index contributed by atoms with van der Waals surface area (Å²) in [6.45, 7) is 1.96. The van der Waals surface area contributed by atoms with Gasteiger partial charge >= 0.3 is 0 Å². The van der Waals surface area contributed by atoms with E-state index in [9.17, 15) is 0 Å². The van der Waals surface area contributed by atoms with Gasteiger partial charge in [-0.3, -0.25) is 4.98 Å². The molecule has 0 unspecified atom stereocenters. The Bertz CT molecular complexity index is 742. The van der Waals surface area contributed by atoms with Crippen LogP contribution in [0.25, 0.3) is 10.9 Å². The zero-order valence-corrected chi connectivity index (χ0v) is 11.0. The van der Waals surface area contributed by atoms with E-state index in [4.69, 9.17) is 11.6 Å². The molecule has 0 bridgehead atoms. The maximum atomic E-state index is 5.86. The predicted molar refractivity (Wildman–Crippen MR) is 76.8 cm³/mol. The van der Waals surface area contributed by atoms with Gasteiger partial charge in [-0.15, -0.1) is 0 Å². The summed E-state index contributed by atoms with van der Waals surface area (Å²) in [6, 6.07) is 11.6. The number of pyridine rings is 1. The first-order valence-corrected chi connectivity index (χ1v) is 6.21. The van der Waals surface area contributed by atoms with E-state index in [1.54, 1.807) is 6.07 Å². The van der Waals surface area contributed by atoms with E-state index in [1.807, 2.05) is 37.3 Å². The standard InChI is InChI=1S/C14H11ClN4/c1-9-6-12(10-4-2-3-5-11(10)18-9)19-14-7-13(15)16-8-17-14/h2-8H,1H3,(H,16,17,18,19). The van der Waals surface area contributed by atoms with Gasteiger partial charge < -0.3 is 5.32 Å². The number of hydrogen-bond acceptors (Lipinski definition) is 4. The lowest BCUT2D eigenvalue weighted by atomic mass is 10.1. The van der Waals surface area contributed by atoms with Crippen LogP contribution in [0.2, 0.25) is 5.15 Å². The van der Waals surface area contributed by atoms with Crippen LogP contribution in [-0.2, 0) is 0 Å². The number of hydrogen-bond donors (Lipinski definition) is 1. The summed E-state index contributed by atoms with van der Waals surface area (Å²) in [6.07, 6.45) is 1.43. The molecule has 0 aliphatic carbocycles. The van der Waals surface area contributed by atoms with E-state index in [2.05, 4.69) is 20.3 Å². The normalized spacial score (nSPS) is 10.6. The van der Waals surface area contributed by atoms with Gasteiger partial charge in [-0.25, -0.2) is 9.97 Å². The second-order valence-corrected chi connectivity index (χ2v) is 4.57. The van der Waals surface area contributed by atoms with E-state index >= 15 is 0 Å². The average Bonchev–Trinajstić information content (AvgIpc) is 2.38. The topological polar surface area (TPSA) is 50.7 Å². The van der Waals surface area contributed by atoms with Crippen LogP contribution in [-0.4, -0.2) is 15.0 Å². The van der Waals surface area contributed by atoms with Crippen molar-refractivity contribution < 1.29 is 0 Å². The molecule has 0 saturated carbocycles. The third-order valence-electron chi connectivity index (χ3n) is 2.74. The molecular weight excluding hydrogens is 260 g/mol. The lowest BCUT2D eigenvalue weighted by Crippen LogP contribution is -1.97. The molecule has 0 atom stereocenters. The number of fused-ring (bicyclic) bond motifs is 1. The highest BCUT2D eigenvalue weighted by atomic mass is 35.5. The highest BCUT2D eigenvalue weighted by molar-refractivity contribution is 6.29. The number of halogens is 1. The molecule has 94 valence electrons. The molecule has 4 nitrogen and oxygen atoms in total. The Kier molecular flexibility index (Phi) is 3.01. The summed E-state index contributed by atoms with van der Waals surface area (Å²) in [7, 11) is 0. The van der Waals surface area contributed by atoms with Crippen LogP contribution in [0.4, 0.5) is 11.5 Å². The van der Waals surface area contributed by atoms with Crippen molar-refractivity contribution in [2.75, 3.05) is 5.32 Å². The van der Waals surface area contributed by atoms with E-state index in [-0.39, 0.29) is 0 Å². The summed E-state index contributed by atoms with van der Waals surface area (Å²) in [5.74, 6) is 0.663. The number of aryl methyl sites for hydroxylation is 1. The van der Waals surface area contributed by atoms with Crippen LogP contribution in [0.3, 0.4) is 0 Å². The van der Waals surface area contributed by atoms with Crippen LogP contribution >= 0.6 is 11.6 Å². The monoisotopic (exact) mass is 270 g/mol. The van der Waals surface area contributed by atoms with Crippen molar-refractivity contribution in [3.63, 3.8) is 0 Å². The van der Waals surface area contributed by atoms with Crippen molar-refractivity contribution in [3.8, 4) is 0 Å². The van der Waals surface area contributed by atoms with Gasteiger partial charge in [-0.2, -0.15) is 0 Å². The molecule has 1 aromatic carbocycles. The number of nitrogens with zero attached hydrogens (tertiary/aromatic N) is 3. The molecule has 0 radical (unpaired) electrons. The summed E-state index contributed by atoms with van der Waals surface area (Å²) in [5.41, 5.74) is 2.85. The van der Waals surface area contributed by atoms with E-state index in [0.717, 1.165) is 22.3 Å². The van der Waals surface area contributed by atoms with E-state index in [1.165, 1.54) is 6.33 Å². The molecule has 3 rings (SSSR count). The van der Waals surface area contributed by atoms with E-state index < -0.39 is 0 Å². The molecule has 0 aliphatic heterocycles. The molecule has 0 fully saturated rings. The first-order chi connectivity index (χ1) is 9.22. The van der Waals surface area contributed by atoms with Crippen LogP contribution < -0.4 is 5.32 Å². The Hall–Kier alpha value is -2.20. The Morgan fingerprint density at radius 3 is 2.79 bits per heavy atom. The predicted octanol–water partition coefficient (Wildman–Crippen LogP) is 3.73. The minimum absolute atomic E-state index is 0.410. The van der Waals surface area contributed by atoms with Gasteiger partial charge in [0.15, 0.2) is 0 Å². The fraction of sp³-hybridized carbons (Fsp3) is 0.0714. The molecule has 19 heavy (non-hydrogen) atoms. The Morgan fingerprint density at radius 2 is 1.95 bits per heavy atom. The number of benzene rings is 1. The molecule has 3 aromatic rings. The summed E-state index contributed by atoms with van der Waals surface area (Å²) in [4.78, 5) is 12.5. The maximum Gasteiger partial charge on any atom is 0.135 e. The second kappa shape index (κ2) is 4.82. The number of para-hydroxylation sites is 1. The van der Waals surface area contributed by atoms with Gasteiger partial charge in [0.05, 0.1) is 11.2 Å². The first-order valence-electron chi connectivity index (χ1n) is 5.83. The van der Waals surface area contributed by atoms with Crippen molar-refractivity contribution in [2.24, 2.45) is 0 Å². The van der Waals surface area contributed by atoms with E-state index in [0.29, 0.717) is 11.0 Å². The van der Waals surface area contributed by atoms with Gasteiger partial charge in [-0.05, 0) is 19.1 Å². The van der Waals surface area contributed by atoms with Gasteiger partial charge in [0, 0.05) is 17.1 Å². The largest absolute Gasteiger partial charge is 0.339 e. The molecular formula is C14H11ClN4. The minimum atomic E-state index is 0.410. The van der Waals surface area contributed by atoms with Gasteiger partial charge in [-0.1, -0.05) is 29.8 Å². The Labute approximate surface area is 115 Å². The smallest absolute Gasteiger partial charge is 0.135 e. The summed E-state index contributed by atoms with van der Waals surface area (Å²) >= 11 is 5.86. The Balaban J connectivity index is 2.09. The maximum absolute atomic E-state index is 5.86. The third-order valence-corrected chi connectivity index (χ3v) is 2.95. The number of aromatic nitrogens is 3. The van der Waals surface area contributed by atoms with Crippen molar-refractivity contribution >= 4 is 34.0 Å². The number of nitrogens with one attached hydrogen (secondary N) is 1. The molecule has 2 aromatic heterocycles. The second-order valence-electron chi connectivity index (χ2n) is 4.18. The third kappa shape index (κ3) is 2.48. The zero-order chi connectivity index (χ0) is 13.2. The Morgan fingerprint density at radius 1 is 1.11 bits per heavy atom.